The van der Waals surface area contributed by atoms with Crippen molar-refractivity contribution in [3.05, 3.63) is 29.8 Å². The van der Waals surface area contributed by atoms with Gasteiger partial charge in [-0.3, -0.25) is 0 Å². The van der Waals surface area contributed by atoms with Crippen molar-refractivity contribution in [2.45, 2.75) is 31.9 Å². The molecule has 3 nitrogen and oxygen atoms in total. The van der Waals surface area contributed by atoms with Gasteiger partial charge in [-0.15, -0.1) is 0 Å². The second kappa shape index (κ2) is 4.07. The molecule has 88 valence electrons. The first kappa shape index (κ1) is 11.4. The Labute approximate surface area is 96.9 Å². The molecule has 1 heterocycles. The molecule has 0 aromatic heterocycles. The quantitative estimate of drug-likeness (QED) is 0.797. The van der Waals surface area contributed by atoms with E-state index in [1.807, 2.05) is 13.8 Å². The van der Waals surface area contributed by atoms with Crippen LogP contribution in [0.25, 0.3) is 0 Å². The molecule has 1 fully saturated rings. The van der Waals surface area contributed by atoms with Crippen LogP contribution in [0.1, 0.15) is 31.9 Å². The van der Waals surface area contributed by atoms with Crippen molar-refractivity contribution >= 4 is 5.69 Å². The van der Waals surface area contributed by atoms with Crippen LogP contribution < -0.4 is 10.6 Å². The number of β-amino-alcohol motifs (C(OH)–C–C–N with tert-alkyl or cyclic N) is 1. The van der Waals surface area contributed by atoms with Gasteiger partial charge in [-0.25, -0.2) is 0 Å². The molecular weight excluding hydrogens is 200 g/mol. The molecule has 2 rings (SSSR count). The van der Waals surface area contributed by atoms with E-state index >= 15 is 0 Å². The fraction of sp³-hybridized carbons (Fsp3) is 0.538. The van der Waals surface area contributed by atoms with E-state index in [2.05, 4.69) is 29.2 Å². The van der Waals surface area contributed by atoms with Crippen molar-refractivity contribution in [2.24, 2.45) is 5.73 Å². The van der Waals surface area contributed by atoms with E-state index in [1.165, 1.54) is 5.69 Å². The average molecular weight is 220 g/mol. The molecule has 0 saturated carbocycles. The summed E-state index contributed by atoms with van der Waals surface area (Å²) in [6, 6.07) is 8.37. The topological polar surface area (TPSA) is 49.5 Å². The number of nitrogens with two attached hydrogens (primary N) is 1. The van der Waals surface area contributed by atoms with Crippen LogP contribution in [0.2, 0.25) is 0 Å². The van der Waals surface area contributed by atoms with Crippen LogP contribution in [0, 0.1) is 0 Å². The maximum absolute atomic E-state index is 9.91. The summed E-state index contributed by atoms with van der Waals surface area (Å²) < 4.78 is 0. The molecule has 0 aliphatic carbocycles. The monoisotopic (exact) mass is 220 g/mol. The van der Waals surface area contributed by atoms with Gasteiger partial charge < -0.3 is 15.7 Å². The van der Waals surface area contributed by atoms with Gasteiger partial charge in [0.05, 0.1) is 5.60 Å². The Balaban J connectivity index is 2.11. The van der Waals surface area contributed by atoms with Gasteiger partial charge in [0, 0.05) is 24.8 Å². The normalized spacial score (nSPS) is 27.1. The zero-order chi connectivity index (χ0) is 11.8. The molecule has 1 aromatic rings. The molecule has 1 aromatic carbocycles. The number of nitrogens with zero attached hydrogens (tertiary/aromatic N) is 1. The average Bonchev–Trinajstić information content (AvgIpc) is 2.59. The fourth-order valence-electron chi connectivity index (χ4n) is 2.15. The Morgan fingerprint density at radius 1 is 1.38 bits per heavy atom. The molecule has 2 atom stereocenters. The summed E-state index contributed by atoms with van der Waals surface area (Å²) >= 11 is 0. The SMILES string of the molecule is C[C@@H](N)c1ccc(N2CCC(C)(O)C2)cc1. The van der Waals surface area contributed by atoms with Gasteiger partial charge in [-0.1, -0.05) is 12.1 Å². The molecule has 1 unspecified atom stereocenters. The summed E-state index contributed by atoms with van der Waals surface area (Å²) in [6.07, 6.45) is 0.835. The predicted molar refractivity (Wildman–Crippen MR) is 66.5 cm³/mol. The molecule has 0 spiro atoms. The molecule has 1 aliphatic rings. The third-order valence-electron chi connectivity index (χ3n) is 3.24. The molecule has 3 N–H and O–H groups in total. The second-order valence-electron chi connectivity index (χ2n) is 5.05. The first-order chi connectivity index (χ1) is 7.48. The highest BCUT2D eigenvalue weighted by molar-refractivity contribution is 5.49. The standard InChI is InChI=1S/C13H20N2O/c1-10(14)11-3-5-12(6-4-11)15-8-7-13(2,16)9-15/h3-6,10,16H,7-9,14H2,1-2H3/t10-,13?/m1/s1. The Morgan fingerprint density at radius 2 is 2.00 bits per heavy atom. The molecule has 0 amide bonds. The van der Waals surface area contributed by atoms with Crippen LogP contribution in [0.15, 0.2) is 24.3 Å². The summed E-state index contributed by atoms with van der Waals surface area (Å²) in [5.41, 5.74) is 7.58. The van der Waals surface area contributed by atoms with E-state index in [0.717, 1.165) is 18.5 Å². The lowest BCUT2D eigenvalue weighted by Crippen LogP contribution is -2.29. The van der Waals surface area contributed by atoms with Crippen molar-refractivity contribution in [3.63, 3.8) is 0 Å². The summed E-state index contributed by atoms with van der Waals surface area (Å²) in [7, 11) is 0. The van der Waals surface area contributed by atoms with Gasteiger partial charge in [-0.2, -0.15) is 0 Å². The van der Waals surface area contributed by atoms with E-state index < -0.39 is 5.60 Å². The van der Waals surface area contributed by atoms with Crippen molar-refractivity contribution in [1.82, 2.24) is 0 Å². The van der Waals surface area contributed by atoms with E-state index in [0.29, 0.717) is 6.54 Å². The van der Waals surface area contributed by atoms with Crippen molar-refractivity contribution in [2.75, 3.05) is 18.0 Å². The van der Waals surface area contributed by atoms with Crippen LogP contribution in [0.5, 0.6) is 0 Å². The molecule has 0 radical (unpaired) electrons. The number of aliphatic hydroxyl groups is 1. The maximum Gasteiger partial charge on any atom is 0.0810 e. The summed E-state index contributed by atoms with van der Waals surface area (Å²) in [4.78, 5) is 2.21. The van der Waals surface area contributed by atoms with Crippen LogP contribution >= 0.6 is 0 Å². The molecule has 3 heteroatoms. The Kier molecular flexibility index (Phi) is 2.91. The molecule has 1 aliphatic heterocycles. The lowest BCUT2D eigenvalue weighted by atomic mass is 10.1. The van der Waals surface area contributed by atoms with Crippen LogP contribution in [0.4, 0.5) is 5.69 Å². The van der Waals surface area contributed by atoms with Gasteiger partial charge in [0.15, 0.2) is 0 Å². The first-order valence-corrected chi connectivity index (χ1v) is 5.81. The van der Waals surface area contributed by atoms with Gasteiger partial charge >= 0.3 is 0 Å². The minimum atomic E-state index is -0.542. The zero-order valence-electron chi connectivity index (χ0n) is 9.98. The fourth-order valence-corrected chi connectivity index (χ4v) is 2.15. The zero-order valence-corrected chi connectivity index (χ0v) is 9.98. The highest BCUT2D eigenvalue weighted by Gasteiger charge is 2.31. The number of hydrogen-bond donors (Lipinski definition) is 2. The molecule has 0 bridgehead atoms. The summed E-state index contributed by atoms with van der Waals surface area (Å²) in [5, 5.41) is 9.91. The molecule has 1 saturated heterocycles. The Bertz CT molecular complexity index is 357. The van der Waals surface area contributed by atoms with Gasteiger partial charge in [0.2, 0.25) is 0 Å². The van der Waals surface area contributed by atoms with E-state index in [9.17, 15) is 5.11 Å². The lowest BCUT2D eigenvalue weighted by Gasteiger charge is -2.21. The van der Waals surface area contributed by atoms with Gasteiger partial charge in [0.1, 0.15) is 0 Å². The second-order valence-corrected chi connectivity index (χ2v) is 5.05. The summed E-state index contributed by atoms with van der Waals surface area (Å²) in [5.74, 6) is 0. The largest absolute Gasteiger partial charge is 0.388 e. The van der Waals surface area contributed by atoms with Crippen molar-refractivity contribution < 1.29 is 5.11 Å². The highest BCUT2D eigenvalue weighted by atomic mass is 16.3. The minimum Gasteiger partial charge on any atom is -0.388 e. The van der Waals surface area contributed by atoms with Gasteiger partial charge in [-0.05, 0) is 38.0 Å². The highest BCUT2D eigenvalue weighted by Crippen LogP contribution is 2.27. The minimum absolute atomic E-state index is 0.0794. The third kappa shape index (κ3) is 2.36. The van der Waals surface area contributed by atoms with E-state index in [-0.39, 0.29) is 6.04 Å². The van der Waals surface area contributed by atoms with Crippen molar-refractivity contribution in [1.29, 1.82) is 0 Å². The number of hydrogen-bond acceptors (Lipinski definition) is 3. The smallest absolute Gasteiger partial charge is 0.0810 e. The maximum atomic E-state index is 9.91. The molecular formula is C13H20N2O. The van der Waals surface area contributed by atoms with Gasteiger partial charge in [0.25, 0.3) is 0 Å². The lowest BCUT2D eigenvalue weighted by molar-refractivity contribution is 0.0839. The van der Waals surface area contributed by atoms with Crippen LogP contribution in [-0.2, 0) is 0 Å². The summed E-state index contributed by atoms with van der Waals surface area (Å²) in [6.45, 7) is 5.51. The predicted octanol–water partition coefficient (Wildman–Crippen LogP) is 1.67. The Morgan fingerprint density at radius 3 is 2.44 bits per heavy atom. The molecule has 16 heavy (non-hydrogen) atoms. The van der Waals surface area contributed by atoms with Crippen LogP contribution in [0.3, 0.4) is 0 Å². The van der Waals surface area contributed by atoms with Crippen LogP contribution in [-0.4, -0.2) is 23.8 Å². The number of anilines is 1. The van der Waals surface area contributed by atoms with E-state index in [4.69, 9.17) is 5.73 Å². The first-order valence-electron chi connectivity index (χ1n) is 5.81. The van der Waals surface area contributed by atoms with Crippen molar-refractivity contribution in [3.8, 4) is 0 Å². The number of benzene rings is 1. The third-order valence-corrected chi connectivity index (χ3v) is 3.24. The Hall–Kier alpha value is -1.06. The van der Waals surface area contributed by atoms with E-state index in [1.54, 1.807) is 0 Å². The number of rotatable bonds is 2.